The Morgan fingerprint density at radius 1 is 1.24 bits per heavy atom. The summed E-state index contributed by atoms with van der Waals surface area (Å²) in [6.45, 7) is 12.1. The molecule has 6 heteroatoms. The summed E-state index contributed by atoms with van der Waals surface area (Å²) >= 11 is 0. The number of aliphatic imine (C=N–C) groups is 1. The molecule has 158 valence electrons. The number of hydrogen-bond acceptors (Lipinski definition) is 4. The molecule has 1 atom stereocenters. The minimum atomic E-state index is -0.0351. The topological polar surface area (TPSA) is 65.7 Å². The highest BCUT2D eigenvalue weighted by Gasteiger charge is 2.22. The van der Waals surface area contributed by atoms with Crippen molar-refractivity contribution in [2.75, 3.05) is 20.1 Å². The van der Waals surface area contributed by atoms with Gasteiger partial charge in [0.1, 0.15) is 5.76 Å². The summed E-state index contributed by atoms with van der Waals surface area (Å²) in [7, 11) is 1.80. The van der Waals surface area contributed by atoms with Crippen LogP contribution >= 0.6 is 0 Å². The first-order valence-electron chi connectivity index (χ1n) is 10.6. The van der Waals surface area contributed by atoms with Gasteiger partial charge in [-0.2, -0.15) is 0 Å². The molecule has 0 radical (unpaired) electrons. The molecule has 0 spiro atoms. The lowest BCUT2D eigenvalue weighted by Crippen LogP contribution is -2.48. The van der Waals surface area contributed by atoms with E-state index in [1.165, 1.54) is 11.1 Å². The van der Waals surface area contributed by atoms with Crippen molar-refractivity contribution in [3.63, 3.8) is 0 Å². The van der Waals surface area contributed by atoms with E-state index in [1.807, 2.05) is 6.20 Å². The lowest BCUT2D eigenvalue weighted by Gasteiger charge is -2.35. The summed E-state index contributed by atoms with van der Waals surface area (Å²) in [4.78, 5) is 11.3. The maximum absolute atomic E-state index is 5.85. The SMILES string of the molecule is CCC(CNC(=NC)NCc1ncc(C(C)(C)C)o1)N1CCc2ccccc2C1. The maximum atomic E-state index is 5.85. The summed E-state index contributed by atoms with van der Waals surface area (Å²) in [5.41, 5.74) is 2.91. The van der Waals surface area contributed by atoms with Crippen LogP contribution in [0, 0.1) is 0 Å². The molecule has 0 bridgehead atoms. The predicted molar refractivity (Wildman–Crippen MR) is 118 cm³/mol. The number of nitrogens with one attached hydrogen (secondary N) is 2. The van der Waals surface area contributed by atoms with E-state index in [1.54, 1.807) is 7.05 Å². The summed E-state index contributed by atoms with van der Waals surface area (Å²) in [5.74, 6) is 2.35. The normalized spacial score (nSPS) is 16.4. The van der Waals surface area contributed by atoms with Crippen molar-refractivity contribution in [1.82, 2.24) is 20.5 Å². The molecule has 0 saturated heterocycles. The van der Waals surface area contributed by atoms with E-state index < -0.39 is 0 Å². The Hall–Kier alpha value is -2.34. The van der Waals surface area contributed by atoms with Crippen molar-refractivity contribution in [2.24, 2.45) is 4.99 Å². The average Bonchev–Trinajstić information content (AvgIpc) is 3.20. The van der Waals surface area contributed by atoms with Crippen molar-refractivity contribution in [2.45, 2.75) is 65.1 Å². The Bertz CT molecular complexity index is 821. The first-order valence-corrected chi connectivity index (χ1v) is 10.6. The third-order valence-corrected chi connectivity index (χ3v) is 5.58. The second-order valence-corrected chi connectivity index (χ2v) is 8.73. The first kappa shape index (κ1) is 21.4. The van der Waals surface area contributed by atoms with E-state index in [2.05, 4.69) is 77.5 Å². The van der Waals surface area contributed by atoms with Gasteiger partial charge in [0.2, 0.25) is 5.89 Å². The van der Waals surface area contributed by atoms with Crippen molar-refractivity contribution in [3.8, 4) is 0 Å². The van der Waals surface area contributed by atoms with E-state index in [-0.39, 0.29) is 5.41 Å². The molecule has 6 nitrogen and oxygen atoms in total. The molecule has 0 aliphatic carbocycles. The Morgan fingerprint density at radius 2 is 2.00 bits per heavy atom. The predicted octanol–water partition coefficient (Wildman–Crippen LogP) is 3.47. The lowest BCUT2D eigenvalue weighted by atomic mass is 9.94. The molecule has 0 saturated carbocycles. The number of nitrogens with zero attached hydrogens (tertiary/aromatic N) is 3. The second-order valence-electron chi connectivity index (χ2n) is 8.73. The van der Waals surface area contributed by atoms with Crippen LogP contribution in [0.1, 0.15) is 56.9 Å². The van der Waals surface area contributed by atoms with Gasteiger partial charge in [-0.05, 0) is 24.0 Å². The van der Waals surface area contributed by atoms with Gasteiger partial charge in [0.05, 0.1) is 12.7 Å². The van der Waals surface area contributed by atoms with Crippen LogP contribution in [0.3, 0.4) is 0 Å². The smallest absolute Gasteiger partial charge is 0.213 e. The van der Waals surface area contributed by atoms with Crippen molar-refractivity contribution >= 4 is 5.96 Å². The highest BCUT2D eigenvalue weighted by molar-refractivity contribution is 5.79. The number of aromatic nitrogens is 1. The number of guanidine groups is 1. The van der Waals surface area contributed by atoms with E-state index in [0.717, 1.165) is 44.2 Å². The molecule has 1 aromatic heterocycles. The van der Waals surface area contributed by atoms with Crippen LogP contribution < -0.4 is 10.6 Å². The van der Waals surface area contributed by atoms with Crippen molar-refractivity contribution in [3.05, 3.63) is 53.2 Å². The maximum Gasteiger partial charge on any atom is 0.213 e. The Labute approximate surface area is 174 Å². The third-order valence-electron chi connectivity index (χ3n) is 5.58. The zero-order chi connectivity index (χ0) is 20.9. The molecule has 0 amide bonds. The molecule has 2 aromatic rings. The fourth-order valence-electron chi connectivity index (χ4n) is 3.69. The monoisotopic (exact) mass is 397 g/mol. The molecule has 1 aliphatic rings. The molecule has 1 aromatic carbocycles. The molecule has 1 unspecified atom stereocenters. The van der Waals surface area contributed by atoms with Gasteiger partial charge in [-0.1, -0.05) is 52.0 Å². The molecule has 2 N–H and O–H groups in total. The molecule has 1 aliphatic heterocycles. The Morgan fingerprint density at radius 3 is 2.66 bits per heavy atom. The minimum absolute atomic E-state index is 0.0351. The molecule has 29 heavy (non-hydrogen) atoms. The zero-order valence-corrected chi connectivity index (χ0v) is 18.5. The molecular formula is C23H35N5O. The summed E-state index contributed by atoms with van der Waals surface area (Å²) in [5, 5.41) is 6.79. The highest BCUT2D eigenvalue weighted by Crippen LogP contribution is 2.23. The second kappa shape index (κ2) is 9.44. The summed E-state index contributed by atoms with van der Waals surface area (Å²) in [6.07, 6.45) is 4.04. The first-order chi connectivity index (χ1) is 13.9. The largest absolute Gasteiger partial charge is 0.443 e. The van der Waals surface area contributed by atoms with Crippen molar-refractivity contribution in [1.29, 1.82) is 0 Å². The number of benzene rings is 1. The fourth-order valence-corrected chi connectivity index (χ4v) is 3.69. The van der Waals surface area contributed by atoms with E-state index >= 15 is 0 Å². The third kappa shape index (κ3) is 5.60. The van der Waals surface area contributed by atoms with Crippen LogP contribution in [0.5, 0.6) is 0 Å². The summed E-state index contributed by atoms with van der Waals surface area (Å²) in [6, 6.07) is 9.26. The van der Waals surface area contributed by atoms with Crippen LogP contribution in [0.4, 0.5) is 0 Å². The van der Waals surface area contributed by atoms with E-state index in [9.17, 15) is 0 Å². The van der Waals surface area contributed by atoms with Gasteiger partial charge in [0, 0.05) is 38.1 Å². The van der Waals surface area contributed by atoms with Crippen molar-refractivity contribution < 1.29 is 4.42 Å². The van der Waals surface area contributed by atoms with Crippen LogP contribution in [-0.4, -0.2) is 42.0 Å². The summed E-state index contributed by atoms with van der Waals surface area (Å²) < 4.78 is 5.85. The van der Waals surface area contributed by atoms with Gasteiger partial charge in [-0.25, -0.2) is 4.98 Å². The fraction of sp³-hybridized carbons (Fsp3) is 0.565. The van der Waals surface area contributed by atoms with Gasteiger partial charge < -0.3 is 15.1 Å². The van der Waals surface area contributed by atoms with Gasteiger partial charge in [-0.15, -0.1) is 0 Å². The number of rotatable bonds is 6. The standard InChI is InChI=1S/C23H35N5O/c1-6-19(28-12-11-17-9-7-8-10-18(17)16-28)13-26-22(24-5)27-15-21-25-14-20(29-21)23(2,3)4/h7-10,14,19H,6,11-13,15-16H2,1-5H3,(H2,24,26,27). The Kier molecular flexibility index (Phi) is 6.96. The Balaban J connectivity index is 1.51. The van der Waals surface area contributed by atoms with Gasteiger partial charge in [0.25, 0.3) is 0 Å². The number of fused-ring (bicyclic) bond motifs is 1. The van der Waals surface area contributed by atoms with Gasteiger partial charge >= 0.3 is 0 Å². The van der Waals surface area contributed by atoms with E-state index in [4.69, 9.17) is 4.42 Å². The van der Waals surface area contributed by atoms with Gasteiger partial charge in [-0.3, -0.25) is 9.89 Å². The lowest BCUT2D eigenvalue weighted by molar-refractivity contribution is 0.174. The quantitative estimate of drug-likeness (QED) is 0.577. The van der Waals surface area contributed by atoms with Gasteiger partial charge in [0.15, 0.2) is 5.96 Å². The van der Waals surface area contributed by atoms with E-state index in [0.29, 0.717) is 18.5 Å². The highest BCUT2D eigenvalue weighted by atomic mass is 16.4. The van der Waals surface area contributed by atoms with Crippen LogP contribution in [0.15, 0.2) is 39.9 Å². The number of oxazole rings is 1. The molecule has 0 fully saturated rings. The number of hydrogen-bond donors (Lipinski definition) is 2. The molecular weight excluding hydrogens is 362 g/mol. The van der Waals surface area contributed by atoms with Crippen LogP contribution in [0.2, 0.25) is 0 Å². The average molecular weight is 398 g/mol. The molecule has 3 rings (SSSR count). The molecule has 2 heterocycles. The van der Waals surface area contributed by atoms with Crippen LogP contribution in [-0.2, 0) is 24.9 Å². The minimum Gasteiger partial charge on any atom is -0.443 e. The zero-order valence-electron chi connectivity index (χ0n) is 18.5. The van der Waals surface area contributed by atoms with Crippen LogP contribution in [0.25, 0.3) is 0 Å².